The van der Waals surface area contributed by atoms with Crippen molar-refractivity contribution < 1.29 is 19.1 Å². The number of hydrogen-bond acceptors (Lipinski definition) is 4. The molecule has 0 radical (unpaired) electrons. The number of amides is 4. The van der Waals surface area contributed by atoms with Crippen molar-refractivity contribution >= 4 is 58.3 Å². The highest BCUT2D eigenvalue weighted by molar-refractivity contribution is 6.35. The maximum Gasteiger partial charge on any atom is 0.325 e. The number of hydrogen-bond donors (Lipinski definition) is 2. The van der Waals surface area contributed by atoms with Crippen molar-refractivity contribution in [2.45, 2.75) is 12.5 Å². The molecular weight excluding hydrogens is 441 g/mol. The lowest BCUT2D eigenvalue weighted by Crippen LogP contribution is -2.42. The second-order valence-corrected chi connectivity index (χ2v) is 7.72. The molecule has 152 valence electrons. The molecule has 0 saturated carbocycles. The highest BCUT2D eigenvalue weighted by atomic mass is 35.5. The second kappa shape index (κ2) is 8.10. The van der Waals surface area contributed by atoms with Gasteiger partial charge in [0.1, 0.15) is 17.8 Å². The minimum atomic E-state index is -1.41. The number of nitrogens with zero attached hydrogens (tertiary/aromatic N) is 1. The fourth-order valence-electron chi connectivity index (χ4n) is 3.01. The van der Waals surface area contributed by atoms with Gasteiger partial charge in [0.25, 0.3) is 5.91 Å². The molecule has 4 amide bonds. The van der Waals surface area contributed by atoms with Gasteiger partial charge in [-0.25, -0.2) is 4.79 Å². The first-order chi connectivity index (χ1) is 13.7. The Morgan fingerprint density at radius 3 is 2.48 bits per heavy atom. The summed E-state index contributed by atoms with van der Waals surface area (Å²) in [4.78, 5) is 38.5. The molecule has 1 aliphatic heterocycles. The van der Waals surface area contributed by atoms with E-state index in [1.807, 2.05) is 0 Å². The number of anilines is 1. The predicted molar refractivity (Wildman–Crippen MR) is 111 cm³/mol. The first-order valence-corrected chi connectivity index (χ1v) is 9.52. The summed E-state index contributed by atoms with van der Waals surface area (Å²) in [7, 11) is 1.47. The molecule has 1 unspecified atom stereocenters. The molecule has 3 rings (SSSR count). The molecule has 2 N–H and O–H groups in total. The zero-order valence-corrected chi connectivity index (χ0v) is 17.7. The van der Waals surface area contributed by atoms with Gasteiger partial charge in [-0.2, -0.15) is 0 Å². The molecule has 0 aromatic heterocycles. The molecule has 2 aromatic carbocycles. The van der Waals surface area contributed by atoms with E-state index in [4.69, 9.17) is 39.5 Å². The Balaban J connectivity index is 1.76. The summed E-state index contributed by atoms with van der Waals surface area (Å²) in [6, 6.07) is 8.58. The van der Waals surface area contributed by atoms with Crippen LogP contribution in [0.15, 0.2) is 36.4 Å². The Hall–Kier alpha value is -2.48. The number of carbonyl (C=O) groups is 3. The van der Waals surface area contributed by atoms with E-state index in [1.54, 1.807) is 24.3 Å². The smallest absolute Gasteiger partial charge is 0.325 e. The van der Waals surface area contributed by atoms with E-state index in [-0.39, 0.29) is 5.02 Å². The SMILES string of the molecule is COc1ccc(NC(=O)CN2C(=O)NC(C)(c3ccc(Cl)cc3Cl)C2=O)cc1Cl. The van der Waals surface area contributed by atoms with E-state index < -0.39 is 29.9 Å². The predicted octanol–water partition coefficient (Wildman–Crippen LogP) is 4.06. The molecule has 0 bridgehead atoms. The van der Waals surface area contributed by atoms with Crippen LogP contribution in [0.1, 0.15) is 12.5 Å². The first kappa shape index (κ1) is 21.2. The van der Waals surface area contributed by atoms with Gasteiger partial charge in [-0.15, -0.1) is 0 Å². The summed E-state index contributed by atoms with van der Waals surface area (Å²) in [6.07, 6.45) is 0. The van der Waals surface area contributed by atoms with Gasteiger partial charge < -0.3 is 15.4 Å². The van der Waals surface area contributed by atoms with Gasteiger partial charge in [0, 0.05) is 21.3 Å². The van der Waals surface area contributed by atoms with Crippen LogP contribution in [0.2, 0.25) is 15.1 Å². The summed E-state index contributed by atoms with van der Waals surface area (Å²) < 4.78 is 5.05. The lowest BCUT2D eigenvalue weighted by molar-refractivity contribution is -0.133. The molecular formula is C19H16Cl3N3O4. The van der Waals surface area contributed by atoms with Crippen LogP contribution in [0.5, 0.6) is 5.75 Å². The number of benzene rings is 2. The molecule has 29 heavy (non-hydrogen) atoms. The van der Waals surface area contributed by atoms with Crippen molar-refractivity contribution in [3.05, 3.63) is 57.0 Å². The molecule has 0 aliphatic carbocycles. The van der Waals surface area contributed by atoms with Gasteiger partial charge in [0.2, 0.25) is 5.91 Å². The van der Waals surface area contributed by atoms with Gasteiger partial charge in [-0.3, -0.25) is 14.5 Å². The zero-order chi connectivity index (χ0) is 21.3. The van der Waals surface area contributed by atoms with Crippen LogP contribution >= 0.6 is 34.8 Å². The summed E-state index contributed by atoms with van der Waals surface area (Å²) in [6.45, 7) is 1.04. The number of methoxy groups -OCH3 is 1. The van der Waals surface area contributed by atoms with Gasteiger partial charge in [-0.1, -0.05) is 40.9 Å². The van der Waals surface area contributed by atoms with Crippen LogP contribution in [0, 0.1) is 0 Å². The Morgan fingerprint density at radius 1 is 1.14 bits per heavy atom. The van der Waals surface area contributed by atoms with Gasteiger partial charge in [-0.05, 0) is 37.3 Å². The number of carbonyl (C=O) groups excluding carboxylic acids is 3. The van der Waals surface area contributed by atoms with Crippen LogP contribution in [0.4, 0.5) is 10.5 Å². The van der Waals surface area contributed by atoms with Gasteiger partial charge in [0.15, 0.2) is 0 Å². The van der Waals surface area contributed by atoms with E-state index in [0.717, 1.165) is 4.90 Å². The topological polar surface area (TPSA) is 87.7 Å². The number of nitrogens with one attached hydrogen (secondary N) is 2. The molecule has 1 atom stereocenters. The van der Waals surface area contributed by atoms with Crippen LogP contribution in [-0.2, 0) is 15.1 Å². The fourth-order valence-corrected chi connectivity index (χ4v) is 3.86. The summed E-state index contributed by atoms with van der Waals surface area (Å²) in [5, 5.41) is 6.12. The molecule has 1 fully saturated rings. The van der Waals surface area contributed by atoms with E-state index in [2.05, 4.69) is 10.6 Å². The maximum atomic E-state index is 12.9. The van der Waals surface area contributed by atoms with Crippen LogP contribution in [-0.4, -0.2) is 36.4 Å². The average molecular weight is 457 g/mol. The van der Waals surface area contributed by atoms with Crippen molar-refractivity contribution in [1.29, 1.82) is 0 Å². The number of imide groups is 1. The fraction of sp³-hybridized carbons (Fsp3) is 0.211. The standard InChI is InChI=1S/C19H16Cl3N3O4/c1-19(12-5-3-10(20)7-13(12)21)17(27)25(18(28)24-19)9-16(26)23-11-4-6-15(29-2)14(22)8-11/h3-8H,9H2,1-2H3,(H,23,26)(H,24,28). The second-order valence-electron chi connectivity index (χ2n) is 6.47. The van der Waals surface area contributed by atoms with E-state index in [1.165, 1.54) is 26.2 Å². The lowest BCUT2D eigenvalue weighted by atomic mass is 9.92. The monoisotopic (exact) mass is 455 g/mol. The summed E-state index contributed by atoms with van der Waals surface area (Å²) in [5.74, 6) is -0.717. The van der Waals surface area contributed by atoms with E-state index in [9.17, 15) is 14.4 Å². The number of halogens is 3. The molecule has 10 heteroatoms. The largest absolute Gasteiger partial charge is 0.495 e. The first-order valence-electron chi connectivity index (χ1n) is 8.38. The van der Waals surface area contributed by atoms with Crippen molar-refractivity contribution in [3.63, 3.8) is 0 Å². The van der Waals surface area contributed by atoms with Gasteiger partial charge in [0.05, 0.1) is 12.1 Å². The summed E-state index contributed by atoms with van der Waals surface area (Å²) >= 11 is 18.1. The Labute approximate surface area is 181 Å². The number of rotatable bonds is 5. The molecule has 0 spiro atoms. The molecule has 1 saturated heterocycles. The van der Waals surface area contributed by atoms with Gasteiger partial charge >= 0.3 is 6.03 Å². The van der Waals surface area contributed by atoms with Crippen molar-refractivity contribution in [3.8, 4) is 5.75 Å². The molecule has 7 nitrogen and oxygen atoms in total. The van der Waals surface area contributed by atoms with Crippen molar-refractivity contribution in [2.75, 3.05) is 19.0 Å². The number of urea groups is 1. The third-order valence-electron chi connectivity index (χ3n) is 4.48. The zero-order valence-electron chi connectivity index (χ0n) is 15.4. The van der Waals surface area contributed by atoms with Crippen molar-refractivity contribution in [1.82, 2.24) is 10.2 Å². The minimum Gasteiger partial charge on any atom is -0.495 e. The number of ether oxygens (including phenoxy) is 1. The average Bonchev–Trinajstić information content (AvgIpc) is 2.85. The third-order valence-corrected chi connectivity index (χ3v) is 5.33. The van der Waals surface area contributed by atoms with Crippen LogP contribution < -0.4 is 15.4 Å². The third kappa shape index (κ3) is 4.12. The van der Waals surface area contributed by atoms with E-state index >= 15 is 0 Å². The minimum absolute atomic E-state index is 0.229. The summed E-state index contributed by atoms with van der Waals surface area (Å²) in [5.41, 5.74) is -0.634. The molecule has 2 aromatic rings. The molecule has 1 heterocycles. The normalized spacial score (nSPS) is 18.6. The Bertz CT molecular complexity index is 1010. The lowest BCUT2D eigenvalue weighted by Gasteiger charge is -2.23. The Kier molecular flexibility index (Phi) is 5.93. The Morgan fingerprint density at radius 2 is 1.86 bits per heavy atom. The quantitative estimate of drug-likeness (QED) is 0.664. The van der Waals surface area contributed by atoms with E-state index in [0.29, 0.717) is 27.0 Å². The highest BCUT2D eigenvalue weighted by Gasteiger charge is 2.50. The highest BCUT2D eigenvalue weighted by Crippen LogP contribution is 2.35. The molecule has 1 aliphatic rings. The van der Waals surface area contributed by atoms with Crippen LogP contribution in [0.3, 0.4) is 0 Å². The van der Waals surface area contributed by atoms with Crippen molar-refractivity contribution in [2.24, 2.45) is 0 Å². The van der Waals surface area contributed by atoms with Crippen LogP contribution in [0.25, 0.3) is 0 Å². The maximum absolute atomic E-state index is 12.9.